The monoisotopic (exact) mass is 426 g/mol. The van der Waals surface area contributed by atoms with Gasteiger partial charge in [-0.2, -0.15) is 4.72 Å². The van der Waals surface area contributed by atoms with Crippen LogP contribution in [0.3, 0.4) is 0 Å². The minimum atomic E-state index is -3.87. The van der Waals surface area contributed by atoms with Gasteiger partial charge in [0.1, 0.15) is 6.04 Å². The Morgan fingerprint density at radius 3 is 2.41 bits per heavy atom. The summed E-state index contributed by atoms with van der Waals surface area (Å²) in [5.74, 6) is -0.854. The van der Waals surface area contributed by atoms with Crippen molar-refractivity contribution < 1.29 is 27.5 Å². The molecule has 3 atom stereocenters. The number of sulfonamides is 1. The van der Waals surface area contributed by atoms with Crippen LogP contribution in [0.15, 0.2) is 29.2 Å². The Morgan fingerprint density at radius 2 is 1.86 bits per heavy atom. The van der Waals surface area contributed by atoms with Gasteiger partial charge < -0.3 is 14.4 Å². The second-order valence-electron chi connectivity index (χ2n) is 7.82. The molecule has 8 nitrogen and oxygen atoms in total. The highest BCUT2D eigenvalue weighted by atomic mass is 32.2. The number of hydrogen-bond acceptors (Lipinski definition) is 6. The van der Waals surface area contributed by atoms with Crippen LogP contribution in [0.4, 0.5) is 0 Å². The first kappa shape index (κ1) is 23.3. The molecule has 1 heterocycles. The first-order chi connectivity index (χ1) is 13.5. The van der Waals surface area contributed by atoms with Crippen molar-refractivity contribution in [3.05, 3.63) is 29.8 Å². The number of carbonyl (C=O) groups is 2. The summed E-state index contributed by atoms with van der Waals surface area (Å²) in [6, 6.07) is 5.50. The van der Waals surface area contributed by atoms with Crippen molar-refractivity contribution in [1.29, 1.82) is 0 Å². The van der Waals surface area contributed by atoms with Gasteiger partial charge >= 0.3 is 5.97 Å². The van der Waals surface area contributed by atoms with E-state index < -0.39 is 28.1 Å². The van der Waals surface area contributed by atoms with Crippen LogP contribution in [0.1, 0.15) is 32.8 Å². The fourth-order valence-electron chi connectivity index (χ4n) is 3.26. The summed E-state index contributed by atoms with van der Waals surface area (Å²) in [6.45, 7) is 7.75. The predicted molar refractivity (Wildman–Crippen MR) is 108 cm³/mol. The zero-order valence-electron chi connectivity index (χ0n) is 17.5. The lowest BCUT2D eigenvalue weighted by Gasteiger charge is -2.37. The maximum atomic E-state index is 13.2. The molecular formula is C20H30N2O6S. The summed E-state index contributed by atoms with van der Waals surface area (Å²) < 4.78 is 38.5. The molecule has 1 amide bonds. The zero-order chi connectivity index (χ0) is 21.8. The van der Waals surface area contributed by atoms with Crippen molar-refractivity contribution >= 4 is 21.9 Å². The summed E-state index contributed by atoms with van der Waals surface area (Å²) in [5.41, 5.74) is 0.940. The summed E-state index contributed by atoms with van der Waals surface area (Å²) in [6.07, 6.45) is -0.926. The molecule has 1 aromatic rings. The van der Waals surface area contributed by atoms with E-state index in [1.54, 1.807) is 19.1 Å². The van der Waals surface area contributed by atoms with Crippen LogP contribution in [0.2, 0.25) is 0 Å². The third kappa shape index (κ3) is 6.25. The highest BCUT2D eigenvalue weighted by molar-refractivity contribution is 7.89. The molecule has 0 saturated carbocycles. The van der Waals surface area contributed by atoms with Crippen LogP contribution in [-0.2, 0) is 29.1 Å². The molecule has 29 heavy (non-hydrogen) atoms. The van der Waals surface area contributed by atoms with Gasteiger partial charge in [-0.05, 0) is 38.3 Å². The van der Waals surface area contributed by atoms with Crippen LogP contribution in [0, 0.1) is 12.8 Å². The molecule has 1 N–H and O–H groups in total. The molecule has 162 valence electrons. The van der Waals surface area contributed by atoms with E-state index in [4.69, 9.17) is 9.47 Å². The fourth-order valence-corrected chi connectivity index (χ4v) is 4.46. The van der Waals surface area contributed by atoms with E-state index in [0.29, 0.717) is 6.42 Å². The molecule has 1 fully saturated rings. The van der Waals surface area contributed by atoms with Crippen LogP contribution >= 0.6 is 0 Å². The summed E-state index contributed by atoms with van der Waals surface area (Å²) >= 11 is 0. The number of carbonyl (C=O) groups excluding carboxylic acids is 2. The molecule has 0 bridgehead atoms. The van der Waals surface area contributed by atoms with Gasteiger partial charge in [-0.1, -0.05) is 31.5 Å². The Morgan fingerprint density at radius 1 is 1.24 bits per heavy atom. The van der Waals surface area contributed by atoms with E-state index in [-0.39, 0.29) is 35.9 Å². The number of rotatable bonds is 7. The molecule has 1 aromatic carbocycles. The van der Waals surface area contributed by atoms with Gasteiger partial charge in [0, 0.05) is 6.54 Å². The highest BCUT2D eigenvalue weighted by Crippen LogP contribution is 2.18. The lowest BCUT2D eigenvalue weighted by Crippen LogP contribution is -2.57. The Hall–Kier alpha value is -1.97. The number of nitrogens with one attached hydrogen (secondary N) is 1. The topological polar surface area (TPSA) is 102 Å². The molecule has 1 saturated heterocycles. The van der Waals surface area contributed by atoms with Crippen molar-refractivity contribution in [1.82, 2.24) is 9.62 Å². The van der Waals surface area contributed by atoms with E-state index in [1.807, 2.05) is 20.8 Å². The van der Waals surface area contributed by atoms with Crippen LogP contribution in [0.5, 0.6) is 0 Å². The van der Waals surface area contributed by atoms with Crippen LogP contribution in [0.25, 0.3) is 0 Å². The minimum Gasteiger partial charge on any atom is -0.467 e. The molecule has 0 aliphatic carbocycles. The molecule has 2 unspecified atom stereocenters. The predicted octanol–water partition coefficient (Wildman–Crippen LogP) is 1.48. The molecule has 0 aromatic heterocycles. The van der Waals surface area contributed by atoms with Crippen molar-refractivity contribution in [2.24, 2.45) is 5.92 Å². The third-order valence-electron chi connectivity index (χ3n) is 4.67. The average Bonchev–Trinajstić information content (AvgIpc) is 2.65. The van der Waals surface area contributed by atoms with Gasteiger partial charge in [0.15, 0.2) is 6.10 Å². The molecule has 2 rings (SSSR count). The molecule has 0 spiro atoms. The first-order valence-corrected chi connectivity index (χ1v) is 11.1. The van der Waals surface area contributed by atoms with Crippen molar-refractivity contribution in [2.45, 2.75) is 57.3 Å². The van der Waals surface area contributed by atoms with E-state index in [9.17, 15) is 18.0 Å². The van der Waals surface area contributed by atoms with Crippen molar-refractivity contribution in [3.8, 4) is 0 Å². The zero-order valence-corrected chi connectivity index (χ0v) is 18.4. The van der Waals surface area contributed by atoms with Gasteiger partial charge in [-0.3, -0.25) is 4.79 Å². The Kier molecular flexibility index (Phi) is 7.79. The molecule has 1 aliphatic heterocycles. The summed E-state index contributed by atoms with van der Waals surface area (Å²) in [7, 11) is -2.62. The maximum absolute atomic E-state index is 13.2. The highest BCUT2D eigenvalue weighted by Gasteiger charge is 2.37. The second kappa shape index (κ2) is 9.69. The van der Waals surface area contributed by atoms with Crippen molar-refractivity contribution in [3.63, 3.8) is 0 Å². The summed E-state index contributed by atoms with van der Waals surface area (Å²) in [5, 5.41) is 0. The lowest BCUT2D eigenvalue weighted by molar-refractivity contribution is -0.170. The summed E-state index contributed by atoms with van der Waals surface area (Å²) in [4.78, 5) is 26.6. The number of morpholine rings is 1. The quantitative estimate of drug-likeness (QED) is 0.663. The smallest absolute Gasteiger partial charge is 0.336 e. The van der Waals surface area contributed by atoms with Gasteiger partial charge in [-0.15, -0.1) is 0 Å². The molecule has 9 heteroatoms. The molecular weight excluding hydrogens is 396 g/mol. The van der Waals surface area contributed by atoms with Crippen LogP contribution in [-0.4, -0.2) is 63.6 Å². The Labute approximate surface area is 172 Å². The van der Waals surface area contributed by atoms with E-state index in [0.717, 1.165) is 5.56 Å². The number of ether oxygens (including phenoxy) is 2. The number of esters is 1. The maximum Gasteiger partial charge on any atom is 0.336 e. The van der Waals surface area contributed by atoms with Crippen LogP contribution < -0.4 is 4.72 Å². The third-order valence-corrected chi connectivity index (χ3v) is 6.16. The number of amides is 1. The SMILES string of the molecule is COC(=O)C1CN(C(=O)C(CC(C)C)NS(=O)(=O)c2ccc(C)cc2)C[C@@H](C)O1. The molecule has 0 radical (unpaired) electrons. The fraction of sp³-hybridized carbons (Fsp3) is 0.600. The van der Waals surface area contributed by atoms with Gasteiger partial charge in [0.2, 0.25) is 15.9 Å². The van der Waals surface area contributed by atoms with Gasteiger partial charge in [0.25, 0.3) is 0 Å². The minimum absolute atomic E-state index is 0.0245. The number of hydrogen-bond donors (Lipinski definition) is 1. The largest absolute Gasteiger partial charge is 0.467 e. The Balaban J connectivity index is 2.23. The van der Waals surface area contributed by atoms with Crippen molar-refractivity contribution in [2.75, 3.05) is 20.2 Å². The van der Waals surface area contributed by atoms with E-state index in [2.05, 4.69) is 4.72 Å². The standard InChI is InChI=1S/C20H30N2O6S/c1-13(2)10-17(21-29(25,26)16-8-6-14(3)7-9-16)19(23)22-11-15(4)28-18(12-22)20(24)27-5/h6-9,13,15,17-18,21H,10-12H2,1-5H3/t15-,17?,18?/m1/s1. The number of aryl methyl sites for hydroxylation is 1. The first-order valence-electron chi connectivity index (χ1n) is 9.64. The molecule has 1 aliphatic rings. The lowest BCUT2D eigenvalue weighted by atomic mass is 10.0. The van der Waals surface area contributed by atoms with Gasteiger partial charge in [-0.25, -0.2) is 13.2 Å². The number of methoxy groups -OCH3 is 1. The number of nitrogens with zero attached hydrogens (tertiary/aromatic N) is 1. The van der Waals surface area contributed by atoms with Gasteiger partial charge in [0.05, 0.1) is 24.7 Å². The van der Waals surface area contributed by atoms with E-state index in [1.165, 1.54) is 24.1 Å². The Bertz CT molecular complexity index is 822. The normalized spacial score (nSPS) is 21.1. The van der Waals surface area contributed by atoms with E-state index >= 15 is 0 Å². The average molecular weight is 427 g/mol. The second-order valence-corrected chi connectivity index (χ2v) is 9.53. The number of benzene rings is 1.